The summed E-state index contributed by atoms with van der Waals surface area (Å²) in [6.45, 7) is 0. The number of rotatable bonds is 2. The number of aromatic nitrogens is 3. The van der Waals surface area contributed by atoms with Crippen molar-refractivity contribution < 1.29 is 14.3 Å². The molecule has 0 fully saturated rings. The van der Waals surface area contributed by atoms with Crippen LogP contribution in [0, 0.1) is 5.82 Å². The molecule has 3 aromatic rings. The molecule has 0 bridgehead atoms. The monoisotopic (exact) mass is 325 g/mol. The van der Waals surface area contributed by atoms with Gasteiger partial charge in [-0.3, -0.25) is 14.3 Å². The van der Waals surface area contributed by atoms with Crippen molar-refractivity contribution in [1.82, 2.24) is 14.5 Å². The van der Waals surface area contributed by atoms with Crippen LogP contribution in [0.25, 0.3) is 16.0 Å². The standard InChI is InChI=1S/C12H5ClFN3O3S/c13-10-7(14)1-5-9(18)6(12(19)20)3-17(11(5)16-10)8-2-15-4-21-8/h1-4H,(H,19,20). The van der Waals surface area contributed by atoms with Crippen LogP contribution in [0.1, 0.15) is 10.4 Å². The maximum absolute atomic E-state index is 13.5. The van der Waals surface area contributed by atoms with Gasteiger partial charge in [0.25, 0.3) is 0 Å². The number of carboxylic acids is 1. The van der Waals surface area contributed by atoms with E-state index in [1.165, 1.54) is 27.6 Å². The smallest absolute Gasteiger partial charge is 0.341 e. The van der Waals surface area contributed by atoms with Crippen LogP contribution in [0.5, 0.6) is 0 Å². The van der Waals surface area contributed by atoms with Crippen LogP contribution in [0.3, 0.4) is 0 Å². The highest BCUT2D eigenvalue weighted by molar-refractivity contribution is 7.12. The fraction of sp³-hybridized carbons (Fsp3) is 0. The van der Waals surface area contributed by atoms with Gasteiger partial charge in [-0.05, 0) is 6.07 Å². The zero-order chi connectivity index (χ0) is 15.1. The first-order valence-electron chi connectivity index (χ1n) is 5.52. The van der Waals surface area contributed by atoms with Crippen molar-refractivity contribution in [1.29, 1.82) is 0 Å². The van der Waals surface area contributed by atoms with E-state index in [0.29, 0.717) is 5.00 Å². The Morgan fingerprint density at radius 2 is 2.24 bits per heavy atom. The van der Waals surface area contributed by atoms with E-state index in [1.54, 1.807) is 0 Å². The largest absolute Gasteiger partial charge is 0.477 e. The molecule has 0 amide bonds. The minimum Gasteiger partial charge on any atom is -0.477 e. The molecule has 21 heavy (non-hydrogen) atoms. The van der Waals surface area contributed by atoms with E-state index in [-0.39, 0.29) is 11.0 Å². The van der Waals surface area contributed by atoms with Crippen molar-refractivity contribution in [3.8, 4) is 5.00 Å². The topological polar surface area (TPSA) is 85.1 Å². The molecule has 0 aliphatic heterocycles. The van der Waals surface area contributed by atoms with E-state index in [0.717, 1.165) is 12.3 Å². The summed E-state index contributed by atoms with van der Waals surface area (Å²) < 4.78 is 14.9. The molecular formula is C12H5ClFN3O3S. The second-order valence-corrected chi connectivity index (χ2v) is 5.24. The Morgan fingerprint density at radius 1 is 1.48 bits per heavy atom. The summed E-state index contributed by atoms with van der Waals surface area (Å²) in [5, 5.41) is 9.07. The first-order valence-corrected chi connectivity index (χ1v) is 6.78. The molecule has 0 spiro atoms. The number of aromatic carboxylic acids is 1. The summed E-state index contributed by atoms with van der Waals surface area (Å²) in [5.41, 5.74) is 0.298. The predicted molar refractivity (Wildman–Crippen MR) is 74.9 cm³/mol. The predicted octanol–water partition coefficient (Wildman–Crippen LogP) is 2.33. The minimum absolute atomic E-state index is 0.0700. The Labute approximate surface area is 125 Å². The zero-order valence-electron chi connectivity index (χ0n) is 10.1. The molecule has 0 aliphatic carbocycles. The maximum atomic E-state index is 13.5. The van der Waals surface area contributed by atoms with Gasteiger partial charge in [0.2, 0.25) is 5.43 Å². The highest BCUT2D eigenvalue weighted by atomic mass is 35.5. The summed E-state index contributed by atoms with van der Waals surface area (Å²) >= 11 is 6.85. The van der Waals surface area contributed by atoms with Gasteiger partial charge in [0, 0.05) is 6.20 Å². The quantitative estimate of drug-likeness (QED) is 0.731. The molecule has 9 heteroatoms. The Bertz CT molecular complexity index is 924. The number of carboxylic acid groups (broad SMARTS) is 1. The number of carbonyl (C=O) groups is 1. The van der Waals surface area contributed by atoms with E-state index in [2.05, 4.69) is 9.97 Å². The lowest BCUT2D eigenvalue weighted by atomic mass is 10.2. The van der Waals surface area contributed by atoms with Gasteiger partial charge in [-0.15, -0.1) is 11.3 Å². The highest BCUT2D eigenvalue weighted by Gasteiger charge is 2.18. The molecular weight excluding hydrogens is 321 g/mol. The number of halogens is 2. The van der Waals surface area contributed by atoms with Gasteiger partial charge in [0.15, 0.2) is 16.6 Å². The van der Waals surface area contributed by atoms with Crippen molar-refractivity contribution in [3.63, 3.8) is 0 Å². The number of nitrogens with zero attached hydrogens (tertiary/aromatic N) is 3. The first kappa shape index (κ1) is 13.7. The van der Waals surface area contributed by atoms with Crippen LogP contribution in [-0.2, 0) is 0 Å². The number of fused-ring (bicyclic) bond motifs is 1. The summed E-state index contributed by atoms with van der Waals surface area (Å²) in [5.74, 6) is -2.30. The Morgan fingerprint density at radius 3 is 2.86 bits per heavy atom. The van der Waals surface area contributed by atoms with Crippen LogP contribution in [0.2, 0.25) is 5.15 Å². The molecule has 6 nitrogen and oxygen atoms in total. The van der Waals surface area contributed by atoms with Gasteiger partial charge in [-0.1, -0.05) is 11.6 Å². The van der Waals surface area contributed by atoms with Crippen LogP contribution < -0.4 is 5.43 Å². The summed E-state index contributed by atoms with van der Waals surface area (Å²) in [4.78, 5) is 31.0. The molecule has 3 rings (SSSR count). The SMILES string of the molecule is O=C(O)c1cn(-c2cncs2)c2nc(Cl)c(F)cc2c1=O. The molecule has 0 saturated carbocycles. The van der Waals surface area contributed by atoms with Crippen molar-refractivity contribution in [2.24, 2.45) is 0 Å². The van der Waals surface area contributed by atoms with E-state index in [1.807, 2.05) is 0 Å². The van der Waals surface area contributed by atoms with Crippen molar-refractivity contribution in [3.05, 3.63) is 50.7 Å². The highest BCUT2D eigenvalue weighted by Crippen LogP contribution is 2.22. The van der Waals surface area contributed by atoms with Gasteiger partial charge >= 0.3 is 5.97 Å². The number of hydrogen-bond donors (Lipinski definition) is 1. The van der Waals surface area contributed by atoms with E-state index < -0.39 is 27.9 Å². The fourth-order valence-corrected chi connectivity index (χ4v) is 2.59. The summed E-state index contributed by atoms with van der Waals surface area (Å²) in [7, 11) is 0. The first-order chi connectivity index (χ1) is 9.99. The second-order valence-electron chi connectivity index (χ2n) is 4.02. The molecule has 3 aromatic heterocycles. The van der Waals surface area contributed by atoms with Crippen molar-refractivity contribution in [2.45, 2.75) is 0 Å². The Hall–Kier alpha value is -2.32. The molecule has 0 atom stereocenters. The number of hydrogen-bond acceptors (Lipinski definition) is 5. The molecule has 106 valence electrons. The average molecular weight is 326 g/mol. The molecule has 0 unspecified atom stereocenters. The van der Waals surface area contributed by atoms with Crippen molar-refractivity contribution >= 4 is 39.9 Å². The van der Waals surface area contributed by atoms with E-state index >= 15 is 0 Å². The second kappa shape index (κ2) is 4.90. The van der Waals surface area contributed by atoms with Crippen LogP contribution in [-0.4, -0.2) is 25.6 Å². The third-order valence-corrected chi connectivity index (χ3v) is 3.81. The summed E-state index contributed by atoms with van der Waals surface area (Å²) in [6.07, 6.45) is 2.60. The third-order valence-electron chi connectivity index (χ3n) is 2.78. The summed E-state index contributed by atoms with van der Waals surface area (Å²) in [6, 6.07) is 0.886. The van der Waals surface area contributed by atoms with Crippen molar-refractivity contribution in [2.75, 3.05) is 0 Å². The van der Waals surface area contributed by atoms with Crippen LogP contribution >= 0.6 is 22.9 Å². The minimum atomic E-state index is -1.41. The van der Waals surface area contributed by atoms with Gasteiger partial charge in [0.05, 0.1) is 17.1 Å². The van der Waals surface area contributed by atoms with E-state index in [9.17, 15) is 14.0 Å². The zero-order valence-corrected chi connectivity index (χ0v) is 11.7. The molecule has 1 N–H and O–H groups in total. The molecule has 0 radical (unpaired) electrons. The van der Waals surface area contributed by atoms with Gasteiger partial charge in [-0.25, -0.2) is 14.2 Å². The lowest BCUT2D eigenvalue weighted by molar-refractivity contribution is 0.0695. The molecule has 0 aromatic carbocycles. The Kier molecular flexibility index (Phi) is 3.19. The van der Waals surface area contributed by atoms with Crippen LogP contribution in [0.15, 0.2) is 28.8 Å². The normalized spacial score (nSPS) is 11.0. The van der Waals surface area contributed by atoms with Gasteiger partial charge in [0.1, 0.15) is 10.6 Å². The molecule has 0 aliphatic rings. The number of thiazole rings is 1. The fourth-order valence-electron chi connectivity index (χ4n) is 1.85. The molecule has 0 saturated heterocycles. The lowest BCUT2D eigenvalue weighted by Gasteiger charge is -2.09. The van der Waals surface area contributed by atoms with Crippen LogP contribution in [0.4, 0.5) is 4.39 Å². The third kappa shape index (κ3) is 2.18. The number of pyridine rings is 2. The van der Waals surface area contributed by atoms with Gasteiger partial charge < -0.3 is 5.11 Å². The Balaban J connectivity index is 2.51. The molecule has 3 heterocycles. The maximum Gasteiger partial charge on any atom is 0.341 e. The average Bonchev–Trinajstić information content (AvgIpc) is 2.95. The van der Waals surface area contributed by atoms with Gasteiger partial charge in [-0.2, -0.15) is 0 Å². The van der Waals surface area contributed by atoms with E-state index in [4.69, 9.17) is 16.7 Å². The lowest BCUT2D eigenvalue weighted by Crippen LogP contribution is -2.19.